The number of nitrogens with zero attached hydrogens (tertiary/aromatic N) is 1. The predicted molar refractivity (Wildman–Crippen MR) is 83.6 cm³/mol. The lowest BCUT2D eigenvalue weighted by molar-refractivity contribution is -0.141. The zero-order valence-corrected chi connectivity index (χ0v) is 13.6. The molecule has 3 rings (SSSR count). The Hall–Kier alpha value is -1.43. The molecule has 22 heavy (non-hydrogen) atoms. The summed E-state index contributed by atoms with van der Waals surface area (Å²) >= 11 is 1.62. The number of carbonyl (C=O) groups is 2. The van der Waals surface area contributed by atoms with Gasteiger partial charge in [0.25, 0.3) is 0 Å². The van der Waals surface area contributed by atoms with Crippen LogP contribution in [0, 0.1) is 18.8 Å². The number of nitrogens with one attached hydrogen (secondary N) is 1. The number of carboxylic acid groups (broad SMARTS) is 1. The quantitative estimate of drug-likeness (QED) is 0.893. The second kappa shape index (κ2) is 5.99. The van der Waals surface area contributed by atoms with Crippen molar-refractivity contribution in [2.45, 2.75) is 57.4 Å². The van der Waals surface area contributed by atoms with Gasteiger partial charge in [-0.05, 0) is 39.0 Å². The molecule has 2 N–H and O–H groups in total. The molecule has 1 aromatic rings. The van der Waals surface area contributed by atoms with Crippen molar-refractivity contribution in [1.82, 2.24) is 10.3 Å². The summed E-state index contributed by atoms with van der Waals surface area (Å²) in [4.78, 5) is 28.3. The molecular weight excluding hydrogens is 300 g/mol. The maximum absolute atomic E-state index is 12.6. The number of hydrogen-bond donors (Lipinski definition) is 2. The van der Waals surface area contributed by atoms with Crippen LogP contribution in [0.1, 0.15) is 55.6 Å². The minimum Gasteiger partial charge on any atom is -0.481 e. The highest BCUT2D eigenvalue weighted by Crippen LogP contribution is 2.41. The third kappa shape index (κ3) is 2.89. The third-order valence-corrected chi connectivity index (χ3v) is 6.16. The molecule has 2 aliphatic carbocycles. The van der Waals surface area contributed by atoms with Crippen molar-refractivity contribution >= 4 is 23.2 Å². The molecule has 5 nitrogen and oxygen atoms in total. The van der Waals surface area contributed by atoms with E-state index >= 15 is 0 Å². The summed E-state index contributed by atoms with van der Waals surface area (Å²) in [7, 11) is 0. The number of carboxylic acids is 1. The van der Waals surface area contributed by atoms with E-state index < -0.39 is 5.97 Å². The highest BCUT2D eigenvalue weighted by atomic mass is 32.1. The number of aromatic nitrogens is 1. The number of amides is 1. The van der Waals surface area contributed by atoms with Crippen LogP contribution in [-0.4, -0.2) is 22.0 Å². The predicted octanol–water partition coefficient (Wildman–Crippen LogP) is 2.84. The Balaban J connectivity index is 1.72. The summed E-state index contributed by atoms with van der Waals surface area (Å²) in [6, 6.07) is 0. The fourth-order valence-corrected chi connectivity index (χ4v) is 4.74. The molecule has 2 fully saturated rings. The number of aliphatic carboxylic acids is 1. The summed E-state index contributed by atoms with van der Waals surface area (Å²) < 4.78 is 0. The van der Waals surface area contributed by atoms with Crippen molar-refractivity contribution < 1.29 is 14.7 Å². The Morgan fingerprint density at radius 3 is 2.55 bits per heavy atom. The van der Waals surface area contributed by atoms with Gasteiger partial charge in [-0.3, -0.25) is 9.59 Å². The van der Waals surface area contributed by atoms with Crippen LogP contribution in [0.4, 0.5) is 0 Å². The van der Waals surface area contributed by atoms with Gasteiger partial charge in [0.2, 0.25) is 5.91 Å². The van der Waals surface area contributed by atoms with E-state index in [9.17, 15) is 9.59 Å². The molecule has 120 valence electrons. The van der Waals surface area contributed by atoms with E-state index in [-0.39, 0.29) is 23.3 Å². The van der Waals surface area contributed by atoms with Crippen molar-refractivity contribution in [3.8, 4) is 0 Å². The first-order valence-electron chi connectivity index (χ1n) is 7.98. The lowest BCUT2D eigenvalue weighted by Gasteiger charge is -2.29. The maximum atomic E-state index is 12.6. The lowest BCUT2D eigenvalue weighted by Crippen LogP contribution is -2.46. The molecule has 0 radical (unpaired) electrons. The first kappa shape index (κ1) is 15.5. The third-order valence-electron chi connectivity index (χ3n) is 5.00. The molecule has 0 bridgehead atoms. The van der Waals surface area contributed by atoms with Gasteiger partial charge in [0, 0.05) is 17.0 Å². The Morgan fingerprint density at radius 2 is 2.00 bits per heavy atom. The van der Waals surface area contributed by atoms with Gasteiger partial charge in [-0.1, -0.05) is 12.8 Å². The van der Waals surface area contributed by atoms with Gasteiger partial charge in [-0.2, -0.15) is 0 Å². The van der Waals surface area contributed by atoms with Gasteiger partial charge in [-0.15, -0.1) is 11.3 Å². The van der Waals surface area contributed by atoms with E-state index in [0.717, 1.165) is 36.4 Å². The Kier molecular flexibility index (Phi) is 4.21. The first-order valence-corrected chi connectivity index (χ1v) is 8.85. The van der Waals surface area contributed by atoms with Crippen LogP contribution in [-0.2, 0) is 15.1 Å². The normalized spacial score (nSPS) is 27.0. The maximum Gasteiger partial charge on any atom is 0.306 e. The molecule has 2 aliphatic rings. The average molecular weight is 322 g/mol. The minimum atomic E-state index is -0.776. The van der Waals surface area contributed by atoms with Crippen molar-refractivity contribution in [3.05, 3.63) is 16.1 Å². The summed E-state index contributed by atoms with van der Waals surface area (Å²) in [5.41, 5.74) is 0.671. The summed E-state index contributed by atoms with van der Waals surface area (Å²) in [6.07, 6.45) is 5.81. The minimum absolute atomic E-state index is 0.0125. The lowest BCUT2D eigenvalue weighted by atomic mass is 9.96. The average Bonchev–Trinajstić information content (AvgIpc) is 3.17. The van der Waals surface area contributed by atoms with Gasteiger partial charge in [0.1, 0.15) is 5.01 Å². The molecule has 0 aromatic carbocycles. The highest BCUT2D eigenvalue weighted by molar-refractivity contribution is 7.09. The largest absolute Gasteiger partial charge is 0.481 e. The molecule has 0 spiro atoms. The van der Waals surface area contributed by atoms with E-state index in [4.69, 9.17) is 5.11 Å². The molecule has 0 aliphatic heterocycles. The molecule has 6 heteroatoms. The van der Waals surface area contributed by atoms with Crippen LogP contribution in [0.5, 0.6) is 0 Å². The van der Waals surface area contributed by atoms with Gasteiger partial charge < -0.3 is 10.4 Å². The fourth-order valence-electron chi connectivity index (χ4n) is 3.73. The van der Waals surface area contributed by atoms with E-state index in [2.05, 4.69) is 10.3 Å². The second-order valence-electron chi connectivity index (χ2n) is 6.62. The van der Waals surface area contributed by atoms with Gasteiger partial charge in [0.15, 0.2) is 0 Å². The molecule has 2 saturated carbocycles. The van der Waals surface area contributed by atoms with Crippen molar-refractivity contribution in [2.24, 2.45) is 11.8 Å². The smallest absolute Gasteiger partial charge is 0.306 e. The molecular formula is C16H22N2O3S. The summed E-state index contributed by atoms with van der Waals surface area (Å²) in [5.74, 6) is -1.29. The number of rotatable bonds is 4. The summed E-state index contributed by atoms with van der Waals surface area (Å²) in [5, 5.41) is 15.4. The van der Waals surface area contributed by atoms with Crippen LogP contribution in [0.15, 0.2) is 5.38 Å². The molecule has 1 aromatic heterocycles. The van der Waals surface area contributed by atoms with E-state index in [1.165, 1.54) is 0 Å². The van der Waals surface area contributed by atoms with Crippen LogP contribution < -0.4 is 5.32 Å². The second-order valence-corrected chi connectivity index (χ2v) is 7.48. The Bertz CT molecular complexity index is 578. The van der Waals surface area contributed by atoms with Crippen LogP contribution in [0.25, 0.3) is 0 Å². The molecule has 2 atom stereocenters. The van der Waals surface area contributed by atoms with Gasteiger partial charge in [0.05, 0.1) is 11.5 Å². The van der Waals surface area contributed by atoms with Gasteiger partial charge >= 0.3 is 5.97 Å². The highest BCUT2D eigenvalue weighted by Gasteiger charge is 2.42. The number of carbonyl (C=O) groups excluding carboxylic acids is 1. The number of aryl methyl sites for hydroxylation is 1. The standard InChI is InChI=1S/C16H22N2O3S/c1-10-9-22-15(17-10)16(6-2-3-7-16)18-13(19)11-4-5-12(8-11)14(20)21/h9,11-12H,2-8H2,1H3,(H,18,19)(H,20,21)/t11-,12+/m1/s1. The van der Waals surface area contributed by atoms with Crippen LogP contribution >= 0.6 is 11.3 Å². The Labute approximate surface area is 134 Å². The van der Waals surface area contributed by atoms with E-state index in [0.29, 0.717) is 19.3 Å². The molecule has 1 amide bonds. The first-order chi connectivity index (χ1) is 10.5. The van der Waals surface area contributed by atoms with E-state index in [1.54, 1.807) is 11.3 Å². The van der Waals surface area contributed by atoms with Crippen molar-refractivity contribution in [1.29, 1.82) is 0 Å². The van der Waals surface area contributed by atoms with Gasteiger partial charge in [-0.25, -0.2) is 4.98 Å². The fraction of sp³-hybridized carbons (Fsp3) is 0.688. The Morgan fingerprint density at radius 1 is 1.32 bits per heavy atom. The SMILES string of the molecule is Cc1csc(C2(NC(=O)[C@@H]3CC[C@H](C(=O)O)C3)CCCC2)n1. The topological polar surface area (TPSA) is 79.3 Å². The van der Waals surface area contributed by atoms with Crippen molar-refractivity contribution in [3.63, 3.8) is 0 Å². The zero-order valence-electron chi connectivity index (χ0n) is 12.8. The van der Waals surface area contributed by atoms with E-state index in [1.807, 2.05) is 12.3 Å². The monoisotopic (exact) mass is 322 g/mol. The molecule has 0 saturated heterocycles. The molecule has 1 heterocycles. The number of hydrogen-bond acceptors (Lipinski definition) is 4. The zero-order chi connectivity index (χ0) is 15.7. The summed E-state index contributed by atoms with van der Waals surface area (Å²) in [6.45, 7) is 1.97. The van der Waals surface area contributed by atoms with Crippen LogP contribution in [0.3, 0.4) is 0 Å². The van der Waals surface area contributed by atoms with Crippen molar-refractivity contribution in [2.75, 3.05) is 0 Å². The number of thiazole rings is 1. The molecule has 0 unspecified atom stereocenters. The van der Waals surface area contributed by atoms with Crippen LogP contribution in [0.2, 0.25) is 0 Å².